The second kappa shape index (κ2) is 10.7. The molecule has 0 spiro atoms. The normalized spacial score (nSPS) is 16.0. The van der Waals surface area contributed by atoms with Crippen LogP contribution >= 0.6 is 11.6 Å². The van der Waals surface area contributed by atoms with Crippen molar-refractivity contribution in [3.63, 3.8) is 0 Å². The molecule has 1 heterocycles. The van der Waals surface area contributed by atoms with E-state index in [-0.39, 0.29) is 0 Å². The number of carbonyl (C=O) groups excluding carboxylic acids is 1. The van der Waals surface area contributed by atoms with Gasteiger partial charge in [-0.2, -0.15) is 0 Å². The van der Waals surface area contributed by atoms with Gasteiger partial charge in [0.15, 0.2) is 0 Å². The molecule has 23 heavy (non-hydrogen) atoms. The number of ketones is 1. The lowest BCUT2D eigenvalue weighted by Crippen LogP contribution is -3.11. The predicted octanol–water partition coefficient (Wildman–Crippen LogP) is 2.83. The Balaban J connectivity index is 1.66. The summed E-state index contributed by atoms with van der Waals surface area (Å²) in [4.78, 5) is 11.7. The number of benzene rings is 1. The van der Waals surface area contributed by atoms with Crippen molar-refractivity contribution in [2.75, 3.05) is 32.1 Å². The molecule has 0 saturated carbocycles. The van der Waals surface area contributed by atoms with E-state index in [1.54, 1.807) is 4.90 Å². The number of halogens is 1. The van der Waals surface area contributed by atoms with Gasteiger partial charge in [-0.25, -0.2) is 0 Å². The molecule has 0 unspecified atom stereocenters. The average Bonchev–Trinajstić information content (AvgIpc) is 2.86. The van der Waals surface area contributed by atoms with Crippen LogP contribution in [-0.4, -0.2) is 42.7 Å². The summed E-state index contributed by atoms with van der Waals surface area (Å²) in [6, 6.07) is 7.70. The molecule has 0 aromatic heterocycles. The van der Waals surface area contributed by atoms with Crippen molar-refractivity contribution >= 4 is 17.4 Å². The van der Waals surface area contributed by atoms with Gasteiger partial charge >= 0.3 is 5.78 Å². The minimum absolute atomic E-state index is 0.405. The van der Waals surface area contributed by atoms with Crippen molar-refractivity contribution in [1.82, 2.24) is 0 Å². The molecule has 0 radical (unpaired) electrons. The Labute approximate surface area is 145 Å². The Bertz CT molecular complexity index is 453. The highest BCUT2D eigenvalue weighted by atomic mass is 35.5. The fourth-order valence-electron chi connectivity index (χ4n) is 3.11. The maximum Gasteiger partial charge on any atom is 0.323 e. The number of rotatable bonds is 9. The molecule has 1 aromatic carbocycles. The predicted molar refractivity (Wildman–Crippen MR) is 96.6 cm³/mol. The zero-order chi connectivity index (χ0) is 16.3. The highest BCUT2D eigenvalue weighted by Gasteiger charge is 2.13. The molecular weight excluding hydrogens is 310 g/mol. The van der Waals surface area contributed by atoms with Gasteiger partial charge in [-0.05, 0) is 56.4 Å². The standard InChI is InChI=1S/C19H28ClNO2/c20-12-5-7-19(22)17-8-10-18(11-9-17)23-16-6-15-21-13-3-1-2-4-14-21/h8-11H,1-7,12-16H2/p+2. The van der Waals surface area contributed by atoms with Crippen molar-refractivity contribution < 1.29 is 14.4 Å². The van der Waals surface area contributed by atoms with E-state index in [9.17, 15) is 4.79 Å². The highest BCUT2D eigenvalue weighted by Crippen LogP contribution is 2.14. The van der Waals surface area contributed by atoms with E-state index >= 15 is 0 Å². The van der Waals surface area contributed by atoms with Crippen molar-refractivity contribution in [2.24, 2.45) is 0 Å². The number of hydrogen-bond acceptors (Lipinski definition) is 1. The van der Waals surface area contributed by atoms with Crippen LogP contribution in [-0.2, 0) is 0 Å². The lowest BCUT2D eigenvalue weighted by molar-refractivity contribution is -0.899. The summed E-state index contributed by atoms with van der Waals surface area (Å²) in [6.45, 7) is 4.63. The number of quaternary nitrogens is 1. The molecule has 0 aliphatic carbocycles. The molecular formula is C19H30ClNO2+2. The van der Waals surface area contributed by atoms with Gasteiger partial charge in [0.2, 0.25) is 0 Å². The quantitative estimate of drug-likeness (QED) is 0.319. The molecule has 1 aliphatic heterocycles. The monoisotopic (exact) mass is 339 g/mol. The first-order valence-corrected chi connectivity index (χ1v) is 9.50. The van der Waals surface area contributed by atoms with E-state index in [1.807, 2.05) is 24.3 Å². The molecule has 0 amide bonds. The van der Waals surface area contributed by atoms with Crippen LogP contribution in [0.3, 0.4) is 0 Å². The number of likely N-dealkylation sites (tertiary alicyclic amines) is 1. The maximum atomic E-state index is 9.94. The Morgan fingerprint density at radius 3 is 2.39 bits per heavy atom. The summed E-state index contributed by atoms with van der Waals surface area (Å²) in [7, 11) is 0. The second-order valence-corrected chi connectivity index (χ2v) is 6.76. The Hall–Kier alpha value is -1.06. The third-order valence-electron chi connectivity index (χ3n) is 4.49. The lowest BCUT2D eigenvalue weighted by atomic mass is 10.1. The number of alkyl halides is 1. The molecule has 3 nitrogen and oxygen atoms in total. The second-order valence-electron chi connectivity index (χ2n) is 6.38. The van der Waals surface area contributed by atoms with Crippen LogP contribution in [0.1, 0.15) is 50.5 Å². The molecule has 2 rings (SSSR count). The van der Waals surface area contributed by atoms with Gasteiger partial charge in [0.1, 0.15) is 5.75 Å². The van der Waals surface area contributed by atoms with E-state index < -0.39 is 0 Å². The van der Waals surface area contributed by atoms with Crippen LogP contribution in [0.15, 0.2) is 24.3 Å². The smallest absolute Gasteiger partial charge is 0.323 e. The van der Waals surface area contributed by atoms with Crippen LogP contribution in [0.2, 0.25) is 0 Å². The Kier molecular flexibility index (Phi) is 8.48. The maximum absolute atomic E-state index is 9.94. The molecule has 1 aliphatic rings. The zero-order valence-electron chi connectivity index (χ0n) is 14.0. The van der Waals surface area contributed by atoms with Gasteiger partial charge in [0, 0.05) is 12.3 Å². The average molecular weight is 340 g/mol. The van der Waals surface area contributed by atoms with Crippen LogP contribution in [0.4, 0.5) is 0 Å². The van der Waals surface area contributed by atoms with Crippen molar-refractivity contribution in [3.8, 4) is 5.75 Å². The molecule has 128 valence electrons. The molecule has 0 bridgehead atoms. The van der Waals surface area contributed by atoms with Gasteiger partial charge in [0.05, 0.1) is 38.2 Å². The van der Waals surface area contributed by atoms with Crippen LogP contribution in [0.5, 0.6) is 5.75 Å². The zero-order valence-corrected chi connectivity index (χ0v) is 14.8. The molecule has 1 aromatic rings. The van der Waals surface area contributed by atoms with Crippen molar-refractivity contribution in [2.45, 2.75) is 44.9 Å². The van der Waals surface area contributed by atoms with Gasteiger partial charge < -0.3 is 9.64 Å². The minimum atomic E-state index is 0.405. The third-order valence-corrected chi connectivity index (χ3v) is 4.76. The van der Waals surface area contributed by atoms with E-state index in [2.05, 4.69) is 0 Å². The first kappa shape index (κ1) is 18.3. The van der Waals surface area contributed by atoms with Crippen molar-refractivity contribution in [1.29, 1.82) is 0 Å². The SMILES string of the molecule is [OH+]=C(CCCCl)c1ccc(OCCC[NH+]2CCCCCC2)cc1. The van der Waals surface area contributed by atoms with Gasteiger partial charge in [0.25, 0.3) is 0 Å². The largest absolute Gasteiger partial charge is 0.493 e. The van der Waals surface area contributed by atoms with E-state index in [4.69, 9.17) is 16.3 Å². The van der Waals surface area contributed by atoms with E-state index in [0.29, 0.717) is 18.1 Å². The topological polar surface area (TPSA) is 35.1 Å². The summed E-state index contributed by atoms with van der Waals surface area (Å²) in [5, 5.41) is 0. The van der Waals surface area contributed by atoms with E-state index in [1.165, 1.54) is 45.3 Å². The van der Waals surface area contributed by atoms with Crippen LogP contribution in [0.25, 0.3) is 0 Å². The molecule has 0 atom stereocenters. The first-order chi connectivity index (χ1) is 11.3. The fourth-order valence-corrected chi connectivity index (χ4v) is 3.25. The minimum Gasteiger partial charge on any atom is -0.493 e. The summed E-state index contributed by atoms with van der Waals surface area (Å²) in [5.74, 6) is 1.86. The number of ether oxygens (including phenoxy) is 1. The van der Waals surface area contributed by atoms with E-state index in [0.717, 1.165) is 30.8 Å². The summed E-state index contributed by atoms with van der Waals surface area (Å²) in [6.07, 6.45) is 8.09. The number of nitrogens with one attached hydrogen (secondary N) is 1. The van der Waals surface area contributed by atoms with Gasteiger partial charge in [-0.15, -0.1) is 11.6 Å². The summed E-state index contributed by atoms with van der Waals surface area (Å²) < 4.78 is 5.82. The van der Waals surface area contributed by atoms with Gasteiger partial charge in [-0.1, -0.05) is 0 Å². The number of hydrogen-bond donors (Lipinski definition) is 1. The molecule has 2 N–H and O–H groups in total. The molecule has 1 fully saturated rings. The summed E-state index contributed by atoms with van der Waals surface area (Å²) >= 11 is 5.65. The van der Waals surface area contributed by atoms with Crippen LogP contribution in [0, 0.1) is 0 Å². The van der Waals surface area contributed by atoms with Crippen molar-refractivity contribution in [3.05, 3.63) is 29.8 Å². The Morgan fingerprint density at radius 2 is 1.74 bits per heavy atom. The Morgan fingerprint density at radius 1 is 1.04 bits per heavy atom. The molecule has 4 heteroatoms. The third kappa shape index (κ3) is 6.92. The van der Waals surface area contributed by atoms with Crippen LogP contribution < -0.4 is 9.64 Å². The highest BCUT2D eigenvalue weighted by molar-refractivity contribution is 6.18. The summed E-state index contributed by atoms with van der Waals surface area (Å²) in [5.41, 5.74) is 0.858. The van der Waals surface area contributed by atoms with Gasteiger partial charge in [-0.3, -0.25) is 4.79 Å². The molecule has 1 saturated heterocycles. The fraction of sp³-hybridized carbons (Fsp3) is 0.632. The first-order valence-electron chi connectivity index (χ1n) is 8.97. The lowest BCUT2D eigenvalue weighted by Gasteiger charge is -2.16.